The van der Waals surface area contributed by atoms with Crippen LogP contribution >= 0.6 is 0 Å². The first-order valence-electron chi connectivity index (χ1n) is 33.6. The highest BCUT2D eigenvalue weighted by atomic mass is 16.6. The SMILES string of the molecule is CC(C)(C)N1CCCCC1.CC(C)(C)OC(=O)N1CCN(C(C)(C)C)CC1.CC(C)(C)OCCCN1CCCCC1.CCOC(=O)N1CCN(C(C)(C)C)CC1.CN1CCC(N2CCN(C(C)(C)C)CC2)CC1.C[C@H]1CCN(C(C)(C)C)C1. The van der Waals surface area contributed by atoms with Crippen LogP contribution in [-0.4, -0.2) is 264 Å². The summed E-state index contributed by atoms with van der Waals surface area (Å²) in [7, 11) is 2.24. The standard InChI is InChI=1S/C14H29N3.C13H26N2O2.C12H25NO.C11H22N2O2.2C9H19N/c1-14(2,3)17-11-9-16(10-12-17)13-5-7-15(4)8-6-13;1-12(2,3)15-9-7-14(8-10-15)11(16)17-13(4,5)6;1-12(2,3)14-11-7-10-13-8-5-4-6-9-13;1-5-15-10(14)12-6-8-13(9-7-12)11(2,3)4;1-8-5-6-10(7-8)9(2,3)4;1-9(2,3)10-7-5-4-6-8-10/h13H,5-12H2,1-4H3;7-10H2,1-6H3;4-11H2,1-3H3;5-9H2,1-4H3;8H,5-7H2,1-4H3;4-8H2,1-3H3/t;;;;8-;/m....0./s1. The molecule has 0 aliphatic carbocycles. The molecule has 0 saturated carbocycles. The Hall–Kier alpha value is -1.82. The quantitative estimate of drug-likeness (QED) is 0.237. The van der Waals surface area contributed by atoms with Crippen molar-refractivity contribution in [1.82, 2.24) is 49.0 Å². The van der Waals surface area contributed by atoms with Crippen LogP contribution in [0.5, 0.6) is 0 Å². The number of hydrogen-bond acceptors (Lipinski definition) is 13. The molecule has 0 aromatic rings. The highest BCUT2D eigenvalue weighted by molar-refractivity contribution is 5.68. The van der Waals surface area contributed by atoms with Crippen LogP contribution in [0.4, 0.5) is 9.59 Å². The minimum Gasteiger partial charge on any atom is -0.450 e. The van der Waals surface area contributed by atoms with Crippen molar-refractivity contribution < 1.29 is 23.8 Å². The van der Waals surface area contributed by atoms with Gasteiger partial charge >= 0.3 is 12.2 Å². The molecule has 0 unspecified atom stereocenters. The Bertz CT molecular complexity index is 1700. The molecule has 7 saturated heterocycles. The fourth-order valence-electron chi connectivity index (χ4n) is 11.7. The number of piperidine rings is 3. The number of carbonyl (C=O) groups excluding carboxylic acids is 2. The zero-order chi connectivity index (χ0) is 63.0. The van der Waals surface area contributed by atoms with E-state index in [0.29, 0.717) is 23.2 Å². The van der Waals surface area contributed by atoms with E-state index in [1.807, 2.05) is 27.7 Å². The average Bonchev–Trinajstić information content (AvgIpc) is 3.94. The molecule has 2 amide bonds. The average molecular weight is 1180 g/mol. The molecule has 7 fully saturated rings. The summed E-state index contributed by atoms with van der Waals surface area (Å²) in [6.45, 7) is 75.0. The van der Waals surface area contributed by atoms with Crippen molar-refractivity contribution in [2.24, 2.45) is 5.92 Å². The Labute approximate surface area is 514 Å². The van der Waals surface area contributed by atoms with Crippen LogP contribution in [0.25, 0.3) is 0 Å². The highest BCUT2D eigenvalue weighted by Gasteiger charge is 2.33. The number of amides is 2. The van der Waals surface area contributed by atoms with Gasteiger partial charge in [0.25, 0.3) is 0 Å². The molecule has 0 radical (unpaired) electrons. The minimum atomic E-state index is -0.405. The second kappa shape index (κ2) is 36.0. The number of likely N-dealkylation sites (tertiary alicyclic amines) is 4. The van der Waals surface area contributed by atoms with Gasteiger partial charge in [0, 0.05) is 132 Å². The molecule has 0 aromatic carbocycles. The second-order valence-corrected chi connectivity index (χ2v) is 32.1. The lowest BCUT2D eigenvalue weighted by molar-refractivity contribution is -0.00740. The summed E-state index contributed by atoms with van der Waals surface area (Å²) in [6, 6.07) is 0.855. The van der Waals surface area contributed by atoms with Crippen LogP contribution in [0.2, 0.25) is 0 Å². The molecule has 7 heterocycles. The van der Waals surface area contributed by atoms with Gasteiger partial charge in [0.2, 0.25) is 0 Å². The molecule has 0 N–H and O–H groups in total. The number of rotatable bonds is 6. The molecule has 0 aromatic heterocycles. The maximum atomic E-state index is 11.9. The van der Waals surface area contributed by atoms with Gasteiger partial charge in [-0.3, -0.25) is 29.4 Å². The first kappa shape index (κ1) is 77.3. The maximum absolute atomic E-state index is 11.9. The number of piperazine rings is 3. The molecule has 83 heavy (non-hydrogen) atoms. The van der Waals surface area contributed by atoms with Crippen LogP contribution in [0.3, 0.4) is 0 Å². The third-order valence-corrected chi connectivity index (χ3v) is 17.4. The Balaban J connectivity index is 0.000000344. The summed E-state index contributed by atoms with van der Waals surface area (Å²) < 4.78 is 16.0. The lowest BCUT2D eigenvalue weighted by Gasteiger charge is -2.46. The fourth-order valence-corrected chi connectivity index (χ4v) is 11.7. The van der Waals surface area contributed by atoms with Crippen LogP contribution in [0.15, 0.2) is 0 Å². The summed E-state index contributed by atoms with van der Waals surface area (Å²) in [5, 5.41) is 0. The fraction of sp³-hybridized carbons (Fsp3) is 0.971. The van der Waals surface area contributed by atoms with E-state index in [1.54, 1.807) is 9.80 Å². The molecule has 0 spiro atoms. The predicted octanol–water partition coefficient (Wildman–Crippen LogP) is 12.5. The molecule has 492 valence electrons. The lowest BCUT2D eigenvalue weighted by Crippen LogP contribution is -2.56. The number of carbonyl (C=O) groups is 2. The molecule has 0 bridgehead atoms. The molecule has 7 aliphatic rings. The largest absolute Gasteiger partial charge is 0.450 e. The zero-order valence-electron chi connectivity index (χ0n) is 59.5. The molecule has 1 atom stereocenters. The topological polar surface area (TPSA) is 94.2 Å². The van der Waals surface area contributed by atoms with E-state index in [9.17, 15) is 9.59 Å². The van der Waals surface area contributed by atoms with Crippen LogP contribution < -0.4 is 0 Å². The Morgan fingerprint density at radius 1 is 0.422 bits per heavy atom. The molecule has 7 aliphatic heterocycles. The normalized spacial score (nSPS) is 22.7. The maximum Gasteiger partial charge on any atom is 0.410 e. The summed E-state index contributed by atoms with van der Waals surface area (Å²) in [6.07, 6.45) is 13.4. The minimum absolute atomic E-state index is 0.0297. The molecule has 7 rings (SSSR count). The lowest BCUT2D eigenvalue weighted by atomic mass is 10.0. The Morgan fingerprint density at radius 2 is 0.807 bits per heavy atom. The van der Waals surface area contributed by atoms with Gasteiger partial charge in [-0.25, -0.2) is 9.59 Å². The smallest absolute Gasteiger partial charge is 0.410 e. The number of nitrogens with zero attached hydrogens (tertiary/aromatic N) is 10. The summed E-state index contributed by atoms with van der Waals surface area (Å²) in [5.74, 6) is 0.916. The van der Waals surface area contributed by atoms with E-state index < -0.39 is 5.60 Å². The third kappa shape index (κ3) is 33.4. The van der Waals surface area contributed by atoms with Gasteiger partial charge in [-0.15, -0.1) is 0 Å². The van der Waals surface area contributed by atoms with E-state index in [4.69, 9.17) is 14.2 Å². The van der Waals surface area contributed by atoms with Gasteiger partial charge in [-0.2, -0.15) is 0 Å². The van der Waals surface area contributed by atoms with E-state index in [2.05, 4.69) is 178 Å². The van der Waals surface area contributed by atoms with Gasteiger partial charge in [0.05, 0.1) is 12.2 Å². The van der Waals surface area contributed by atoms with Crippen molar-refractivity contribution in [3.63, 3.8) is 0 Å². The number of hydrogen-bond donors (Lipinski definition) is 0. The van der Waals surface area contributed by atoms with E-state index in [0.717, 1.165) is 70.9 Å². The first-order chi connectivity index (χ1) is 38.2. The van der Waals surface area contributed by atoms with E-state index >= 15 is 0 Å². The van der Waals surface area contributed by atoms with E-state index in [-0.39, 0.29) is 28.9 Å². The highest BCUT2D eigenvalue weighted by Crippen LogP contribution is 2.25. The molecular weight excluding hydrogens is 1040 g/mol. The van der Waals surface area contributed by atoms with Gasteiger partial charge in [-0.1, -0.05) is 19.8 Å². The zero-order valence-corrected chi connectivity index (χ0v) is 59.5. The molecule has 15 heteroatoms. The summed E-state index contributed by atoms with van der Waals surface area (Å²) >= 11 is 0. The van der Waals surface area contributed by atoms with Crippen LogP contribution in [-0.2, 0) is 14.2 Å². The molecule has 15 nitrogen and oxygen atoms in total. The summed E-state index contributed by atoms with van der Waals surface area (Å²) in [5.41, 5.74) is 1.14. The van der Waals surface area contributed by atoms with Crippen molar-refractivity contribution in [3.05, 3.63) is 0 Å². The summed E-state index contributed by atoms with van der Waals surface area (Å²) in [4.78, 5) is 47.2. The third-order valence-electron chi connectivity index (χ3n) is 17.4. The van der Waals surface area contributed by atoms with Gasteiger partial charge < -0.3 is 33.8 Å². The van der Waals surface area contributed by atoms with Crippen molar-refractivity contribution in [3.8, 4) is 0 Å². The monoisotopic (exact) mass is 1180 g/mol. The van der Waals surface area contributed by atoms with Gasteiger partial charge in [0.15, 0.2) is 0 Å². The number of ether oxygens (including phenoxy) is 3. The van der Waals surface area contributed by atoms with Crippen molar-refractivity contribution >= 4 is 12.2 Å². The van der Waals surface area contributed by atoms with Gasteiger partial charge in [-0.05, 0) is 262 Å². The first-order valence-corrected chi connectivity index (χ1v) is 33.6. The Kier molecular flexibility index (Phi) is 33.5. The Morgan fingerprint density at radius 3 is 1.14 bits per heavy atom. The van der Waals surface area contributed by atoms with Crippen molar-refractivity contribution in [2.45, 2.75) is 268 Å². The van der Waals surface area contributed by atoms with E-state index in [1.165, 1.54) is 149 Å². The second-order valence-electron chi connectivity index (χ2n) is 32.1. The van der Waals surface area contributed by atoms with Crippen LogP contribution in [0.1, 0.15) is 223 Å². The predicted molar refractivity (Wildman–Crippen MR) is 353 cm³/mol. The van der Waals surface area contributed by atoms with Crippen molar-refractivity contribution in [1.29, 1.82) is 0 Å². The van der Waals surface area contributed by atoms with Crippen LogP contribution in [0, 0.1) is 5.92 Å². The van der Waals surface area contributed by atoms with Crippen molar-refractivity contribution in [2.75, 3.05) is 158 Å². The molecular formula is C68H140N10O5. The van der Waals surface area contributed by atoms with Gasteiger partial charge in [0.1, 0.15) is 5.60 Å².